The molecule has 2 aliphatic rings. The molecule has 0 aliphatic carbocycles. The predicted molar refractivity (Wildman–Crippen MR) is 97.1 cm³/mol. The van der Waals surface area contributed by atoms with Gasteiger partial charge in [-0.1, -0.05) is 12.1 Å². The van der Waals surface area contributed by atoms with Crippen LogP contribution in [0.5, 0.6) is 0 Å². The minimum absolute atomic E-state index is 0.242. The van der Waals surface area contributed by atoms with Crippen molar-refractivity contribution in [2.24, 2.45) is 0 Å². The highest BCUT2D eigenvalue weighted by Gasteiger charge is 2.34. The molecule has 0 bridgehead atoms. The molecule has 2 amide bonds. The lowest BCUT2D eigenvalue weighted by molar-refractivity contribution is -0.122. The number of amides is 2. The zero-order chi connectivity index (χ0) is 17.1. The Kier molecular flexibility index (Phi) is 5.06. The van der Waals surface area contributed by atoms with Crippen LogP contribution < -0.4 is 4.90 Å². The van der Waals surface area contributed by atoms with E-state index in [0.717, 1.165) is 54.9 Å². The molecule has 2 aliphatic heterocycles. The summed E-state index contributed by atoms with van der Waals surface area (Å²) >= 11 is 0.981. The zero-order valence-corrected chi connectivity index (χ0v) is 14.5. The minimum Gasteiger partial charge on any atom is -0.378 e. The molecular weight excluding hydrogens is 324 g/mol. The van der Waals surface area contributed by atoms with Crippen LogP contribution in [-0.2, 0) is 9.53 Å². The molecule has 1 aromatic rings. The van der Waals surface area contributed by atoms with Gasteiger partial charge in [0, 0.05) is 25.3 Å². The fraction of sp³-hybridized carbons (Fsp3) is 0.333. The number of thioether (sulfide) groups is 1. The Morgan fingerprint density at radius 1 is 1.29 bits per heavy atom. The van der Waals surface area contributed by atoms with Crippen molar-refractivity contribution < 1.29 is 14.3 Å². The number of aryl methyl sites for hydroxylation is 1. The van der Waals surface area contributed by atoms with Gasteiger partial charge in [-0.15, -0.1) is 6.58 Å². The number of rotatable bonds is 4. The van der Waals surface area contributed by atoms with E-state index in [-0.39, 0.29) is 17.7 Å². The Labute approximate surface area is 145 Å². The third-order valence-electron chi connectivity index (χ3n) is 4.10. The lowest BCUT2D eigenvalue weighted by atomic mass is 10.1. The molecule has 2 saturated heterocycles. The van der Waals surface area contributed by atoms with Gasteiger partial charge in [0.05, 0.1) is 18.1 Å². The van der Waals surface area contributed by atoms with Gasteiger partial charge in [0.25, 0.3) is 11.1 Å². The summed E-state index contributed by atoms with van der Waals surface area (Å²) in [5.74, 6) is -0.249. The third kappa shape index (κ3) is 3.39. The number of anilines is 1. The van der Waals surface area contributed by atoms with Crippen LogP contribution in [0, 0.1) is 6.92 Å². The van der Waals surface area contributed by atoms with E-state index in [2.05, 4.69) is 23.6 Å². The van der Waals surface area contributed by atoms with Gasteiger partial charge in [0.15, 0.2) is 0 Å². The summed E-state index contributed by atoms with van der Waals surface area (Å²) in [5.41, 5.74) is 3.19. The molecule has 24 heavy (non-hydrogen) atoms. The average Bonchev–Trinajstić information content (AvgIpc) is 2.85. The highest BCUT2D eigenvalue weighted by atomic mass is 32.2. The Hall–Kier alpha value is -2.05. The first-order valence-electron chi connectivity index (χ1n) is 7.90. The van der Waals surface area contributed by atoms with Crippen LogP contribution in [-0.4, -0.2) is 48.9 Å². The Morgan fingerprint density at radius 3 is 2.71 bits per heavy atom. The molecule has 0 N–H and O–H groups in total. The number of carbonyl (C=O) groups excluding carboxylic acids is 2. The maximum absolute atomic E-state index is 12.3. The number of imide groups is 1. The summed E-state index contributed by atoms with van der Waals surface area (Å²) in [4.78, 5) is 28.1. The first-order chi connectivity index (χ1) is 11.6. The van der Waals surface area contributed by atoms with Gasteiger partial charge in [-0.3, -0.25) is 14.5 Å². The molecule has 2 fully saturated rings. The van der Waals surface area contributed by atoms with Gasteiger partial charge in [-0.25, -0.2) is 0 Å². The second-order valence-electron chi connectivity index (χ2n) is 5.72. The monoisotopic (exact) mass is 344 g/mol. The number of morpholine rings is 1. The second-order valence-corrected chi connectivity index (χ2v) is 6.71. The first kappa shape index (κ1) is 16.8. The van der Waals surface area contributed by atoms with Gasteiger partial charge < -0.3 is 9.64 Å². The molecule has 5 nitrogen and oxygen atoms in total. The first-order valence-corrected chi connectivity index (χ1v) is 8.71. The van der Waals surface area contributed by atoms with Gasteiger partial charge >= 0.3 is 0 Å². The van der Waals surface area contributed by atoms with Crippen molar-refractivity contribution in [3.8, 4) is 0 Å². The summed E-state index contributed by atoms with van der Waals surface area (Å²) in [5, 5.41) is -0.242. The Bertz CT molecular complexity index is 708. The molecular formula is C18H20N2O3S. The topological polar surface area (TPSA) is 49.9 Å². The van der Waals surface area contributed by atoms with E-state index < -0.39 is 0 Å². The van der Waals surface area contributed by atoms with Crippen LogP contribution in [0.4, 0.5) is 10.5 Å². The lowest BCUT2D eigenvalue weighted by Gasteiger charge is -2.29. The van der Waals surface area contributed by atoms with E-state index in [1.807, 2.05) is 13.0 Å². The summed E-state index contributed by atoms with van der Waals surface area (Å²) < 4.78 is 5.38. The van der Waals surface area contributed by atoms with E-state index in [9.17, 15) is 9.59 Å². The van der Waals surface area contributed by atoms with E-state index in [4.69, 9.17) is 4.74 Å². The van der Waals surface area contributed by atoms with Crippen molar-refractivity contribution in [2.45, 2.75) is 6.92 Å². The number of ether oxygens (including phenoxy) is 1. The number of carbonyl (C=O) groups is 2. The summed E-state index contributed by atoms with van der Waals surface area (Å²) in [6.45, 7) is 9.12. The average molecular weight is 344 g/mol. The van der Waals surface area contributed by atoms with Crippen molar-refractivity contribution in [2.75, 3.05) is 37.7 Å². The smallest absolute Gasteiger partial charge is 0.293 e. The lowest BCUT2D eigenvalue weighted by Crippen LogP contribution is -2.36. The van der Waals surface area contributed by atoms with Crippen molar-refractivity contribution in [3.63, 3.8) is 0 Å². The standard InChI is InChI=1S/C18H20N2O3S/c1-3-6-20-17(21)16(24-18(20)22)12-14-4-5-15(11-13(14)2)19-7-9-23-10-8-19/h3-5,11-12H,1,6-10H2,2H3. The molecule has 6 heteroatoms. The van der Waals surface area contributed by atoms with Gasteiger partial charge in [-0.2, -0.15) is 0 Å². The summed E-state index contributed by atoms with van der Waals surface area (Å²) in [6, 6.07) is 6.17. The Balaban J connectivity index is 1.81. The maximum Gasteiger partial charge on any atom is 0.293 e. The molecule has 0 saturated carbocycles. The van der Waals surface area contributed by atoms with Crippen LogP contribution in [0.2, 0.25) is 0 Å². The normalized spacial score (nSPS) is 20.1. The molecule has 2 heterocycles. The number of benzene rings is 1. The van der Waals surface area contributed by atoms with Crippen molar-refractivity contribution >= 4 is 34.7 Å². The number of nitrogens with zero attached hydrogens (tertiary/aromatic N) is 2. The molecule has 0 atom stereocenters. The summed E-state index contributed by atoms with van der Waals surface area (Å²) in [6.07, 6.45) is 3.36. The van der Waals surface area contributed by atoms with E-state index in [0.29, 0.717) is 4.91 Å². The zero-order valence-electron chi connectivity index (χ0n) is 13.7. The molecule has 1 aromatic carbocycles. The molecule has 0 unspecified atom stereocenters. The molecule has 0 radical (unpaired) electrons. The largest absolute Gasteiger partial charge is 0.378 e. The van der Waals surface area contributed by atoms with Crippen molar-refractivity contribution in [1.82, 2.24) is 4.90 Å². The van der Waals surface area contributed by atoms with Crippen LogP contribution in [0.25, 0.3) is 6.08 Å². The SMILES string of the molecule is C=CCN1C(=O)SC(=Cc2ccc(N3CCOCC3)cc2C)C1=O. The van der Waals surface area contributed by atoms with Crippen LogP contribution in [0.15, 0.2) is 35.8 Å². The van der Waals surface area contributed by atoms with Crippen LogP contribution in [0.3, 0.4) is 0 Å². The second kappa shape index (κ2) is 7.23. The molecule has 3 rings (SSSR count). The van der Waals surface area contributed by atoms with Crippen molar-refractivity contribution in [1.29, 1.82) is 0 Å². The quantitative estimate of drug-likeness (QED) is 0.621. The third-order valence-corrected chi connectivity index (χ3v) is 5.01. The fourth-order valence-electron chi connectivity index (χ4n) is 2.77. The highest BCUT2D eigenvalue weighted by molar-refractivity contribution is 8.18. The van der Waals surface area contributed by atoms with Gasteiger partial charge in [0.1, 0.15) is 0 Å². The van der Waals surface area contributed by atoms with Crippen molar-refractivity contribution in [3.05, 3.63) is 46.9 Å². The van der Waals surface area contributed by atoms with E-state index in [1.165, 1.54) is 4.90 Å². The maximum atomic E-state index is 12.3. The summed E-state index contributed by atoms with van der Waals surface area (Å²) in [7, 11) is 0. The van der Waals surface area contributed by atoms with E-state index >= 15 is 0 Å². The molecule has 0 spiro atoms. The van der Waals surface area contributed by atoms with Crippen LogP contribution in [0.1, 0.15) is 11.1 Å². The number of hydrogen-bond acceptors (Lipinski definition) is 5. The molecule has 0 aromatic heterocycles. The fourth-order valence-corrected chi connectivity index (χ4v) is 3.61. The minimum atomic E-state index is -0.249. The van der Waals surface area contributed by atoms with E-state index in [1.54, 1.807) is 12.2 Å². The van der Waals surface area contributed by atoms with Gasteiger partial charge in [0.2, 0.25) is 0 Å². The number of hydrogen-bond donors (Lipinski definition) is 0. The van der Waals surface area contributed by atoms with Gasteiger partial charge in [-0.05, 0) is 48.0 Å². The highest BCUT2D eigenvalue weighted by Crippen LogP contribution is 2.33. The molecule has 126 valence electrons. The van der Waals surface area contributed by atoms with Crippen LogP contribution >= 0.6 is 11.8 Å². The Morgan fingerprint density at radius 2 is 2.04 bits per heavy atom. The predicted octanol–water partition coefficient (Wildman–Crippen LogP) is 3.05.